The Kier molecular flexibility index (Phi) is 5.86. The summed E-state index contributed by atoms with van der Waals surface area (Å²) in [5, 5.41) is 9.56. The number of benzene rings is 2. The van der Waals surface area contributed by atoms with Gasteiger partial charge in [0.15, 0.2) is 14.8 Å². The number of aromatic nitrogens is 3. The second kappa shape index (κ2) is 8.56. The van der Waals surface area contributed by atoms with Crippen molar-refractivity contribution < 1.29 is 0 Å². The molecular formula is C22H18N4OS3. The van der Waals surface area contributed by atoms with E-state index >= 15 is 0 Å². The summed E-state index contributed by atoms with van der Waals surface area (Å²) in [5.74, 6) is 0.194. The molecule has 0 saturated heterocycles. The Balaban J connectivity index is 1.99. The maximum atomic E-state index is 13.5. The fourth-order valence-electron chi connectivity index (χ4n) is 3.16. The van der Waals surface area contributed by atoms with Crippen LogP contribution in [0.1, 0.15) is 18.1 Å². The van der Waals surface area contributed by atoms with Gasteiger partial charge in [0.05, 0.1) is 17.5 Å². The lowest BCUT2D eigenvalue weighted by molar-refractivity contribution is 0.812. The lowest BCUT2D eigenvalue weighted by Gasteiger charge is -2.12. The van der Waals surface area contributed by atoms with E-state index in [1.54, 1.807) is 4.57 Å². The van der Waals surface area contributed by atoms with Crippen LogP contribution in [0, 0.1) is 22.2 Å². The van der Waals surface area contributed by atoms with Crippen LogP contribution < -0.4 is 5.56 Å². The molecule has 0 unspecified atom stereocenters. The number of thiazole rings is 1. The van der Waals surface area contributed by atoms with Crippen molar-refractivity contribution in [3.63, 3.8) is 0 Å². The van der Waals surface area contributed by atoms with Crippen molar-refractivity contribution in [1.82, 2.24) is 14.1 Å². The number of aryl methyl sites for hydroxylation is 2. The third-order valence-electron chi connectivity index (χ3n) is 4.74. The Morgan fingerprint density at radius 1 is 1.10 bits per heavy atom. The minimum atomic E-state index is -0.177. The van der Waals surface area contributed by atoms with Gasteiger partial charge in [-0.05, 0) is 55.4 Å². The van der Waals surface area contributed by atoms with E-state index in [-0.39, 0.29) is 11.3 Å². The first-order chi connectivity index (χ1) is 14.5. The van der Waals surface area contributed by atoms with E-state index in [2.05, 4.69) is 25.1 Å². The third kappa shape index (κ3) is 3.72. The number of hydrogen-bond donors (Lipinski definition) is 0. The summed E-state index contributed by atoms with van der Waals surface area (Å²) in [6.45, 7) is 4.10. The molecule has 0 aliphatic heterocycles. The predicted molar refractivity (Wildman–Crippen MR) is 126 cm³/mol. The Bertz CT molecular complexity index is 1370. The molecule has 0 bridgehead atoms. The lowest BCUT2D eigenvalue weighted by atomic mass is 10.1. The standard InChI is InChI=1S/C22H18N4OS3/c1-3-15-6-10-16(11-7-15)25-19-18(30-22(25)28)20(27)26(21(24-19)29-13-12-23)17-8-4-14(2)5-9-17/h4-11H,3,13H2,1-2H3. The topological polar surface area (TPSA) is 63.6 Å². The van der Waals surface area contributed by atoms with Gasteiger partial charge in [0.2, 0.25) is 0 Å². The summed E-state index contributed by atoms with van der Waals surface area (Å²) >= 11 is 8.10. The molecule has 2 aromatic carbocycles. The summed E-state index contributed by atoms with van der Waals surface area (Å²) in [5.41, 5.74) is 4.28. The van der Waals surface area contributed by atoms with Crippen molar-refractivity contribution in [2.45, 2.75) is 25.4 Å². The second-order valence-corrected chi connectivity index (χ2v) is 9.28. The molecule has 0 radical (unpaired) electrons. The molecule has 0 amide bonds. The van der Waals surface area contributed by atoms with Gasteiger partial charge in [0, 0.05) is 5.69 Å². The van der Waals surface area contributed by atoms with E-state index in [1.807, 2.05) is 47.9 Å². The zero-order chi connectivity index (χ0) is 21.3. The summed E-state index contributed by atoms with van der Waals surface area (Å²) in [7, 11) is 0. The van der Waals surface area contributed by atoms with Crippen LogP contribution in [0.5, 0.6) is 0 Å². The van der Waals surface area contributed by atoms with E-state index < -0.39 is 0 Å². The van der Waals surface area contributed by atoms with Crippen molar-refractivity contribution in [2.24, 2.45) is 0 Å². The molecule has 0 atom stereocenters. The molecule has 0 aliphatic carbocycles. The molecule has 30 heavy (non-hydrogen) atoms. The van der Waals surface area contributed by atoms with Crippen LogP contribution in [0.3, 0.4) is 0 Å². The summed E-state index contributed by atoms with van der Waals surface area (Å²) < 4.78 is 4.48. The van der Waals surface area contributed by atoms with Gasteiger partial charge >= 0.3 is 0 Å². The van der Waals surface area contributed by atoms with Gasteiger partial charge in [-0.15, -0.1) is 0 Å². The highest BCUT2D eigenvalue weighted by Gasteiger charge is 2.19. The van der Waals surface area contributed by atoms with E-state index in [4.69, 9.17) is 22.5 Å². The number of hydrogen-bond acceptors (Lipinski definition) is 6. The molecule has 4 rings (SSSR count). The van der Waals surface area contributed by atoms with Gasteiger partial charge in [-0.25, -0.2) is 4.98 Å². The van der Waals surface area contributed by atoms with Crippen molar-refractivity contribution in [3.05, 3.63) is 74.0 Å². The van der Waals surface area contributed by atoms with Crippen LogP contribution in [0.15, 0.2) is 58.5 Å². The number of fused-ring (bicyclic) bond motifs is 1. The Labute approximate surface area is 187 Å². The van der Waals surface area contributed by atoms with E-state index in [0.29, 0.717) is 19.5 Å². The van der Waals surface area contributed by atoms with E-state index in [9.17, 15) is 4.79 Å². The fraction of sp³-hybridized carbons (Fsp3) is 0.182. The van der Waals surface area contributed by atoms with Crippen molar-refractivity contribution >= 4 is 45.7 Å². The number of rotatable bonds is 5. The van der Waals surface area contributed by atoms with Gasteiger partial charge in [-0.2, -0.15) is 5.26 Å². The Hall–Kier alpha value is -2.73. The van der Waals surface area contributed by atoms with Crippen molar-refractivity contribution in [1.29, 1.82) is 5.26 Å². The molecule has 8 heteroatoms. The quantitative estimate of drug-likeness (QED) is 0.230. The van der Waals surface area contributed by atoms with Crippen LogP contribution in [0.25, 0.3) is 21.7 Å². The zero-order valence-electron chi connectivity index (χ0n) is 16.5. The molecule has 2 aromatic heterocycles. The van der Waals surface area contributed by atoms with Gasteiger partial charge in [0.1, 0.15) is 4.70 Å². The largest absolute Gasteiger partial charge is 0.278 e. The summed E-state index contributed by atoms with van der Waals surface area (Å²) in [6, 6.07) is 17.9. The molecule has 0 aliphatic rings. The Morgan fingerprint density at radius 3 is 2.37 bits per heavy atom. The molecule has 0 fully saturated rings. The minimum absolute atomic E-state index is 0.177. The van der Waals surface area contributed by atoms with Crippen molar-refractivity contribution in [2.75, 3.05) is 5.75 Å². The third-order valence-corrected chi connectivity index (χ3v) is 6.89. The second-order valence-electron chi connectivity index (χ2n) is 6.69. The SMILES string of the molecule is CCc1ccc(-n2c(=S)sc3c(=O)n(-c4ccc(C)cc4)c(SCC#N)nc32)cc1. The highest BCUT2D eigenvalue weighted by atomic mass is 32.2. The first-order valence-electron chi connectivity index (χ1n) is 9.38. The molecule has 4 aromatic rings. The zero-order valence-corrected chi connectivity index (χ0v) is 18.9. The Morgan fingerprint density at radius 2 is 1.73 bits per heavy atom. The highest BCUT2D eigenvalue weighted by molar-refractivity contribution is 7.99. The number of thioether (sulfide) groups is 1. The minimum Gasteiger partial charge on any atom is -0.275 e. The number of nitriles is 1. The monoisotopic (exact) mass is 450 g/mol. The van der Waals surface area contributed by atoms with Gasteiger partial charge in [-0.3, -0.25) is 13.9 Å². The maximum Gasteiger partial charge on any atom is 0.278 e. The van der Waals surface area contributed by atoms with Crippen LogP contribution in [0.4, 0.5) is 0 Å². The van der Waals surface area contributed by atoms with Crippen LogP contribution in [0.2, 0.25) is 0 Å². The van der Waals surface area contributed by atoms with E-state index in [1.165, 1.54) is 28.7 Å². The normalized spacial score (nSPS) is 11.0. The average Bonchev–Trinajstić information content (AvgIpc) is 3.09. The number of nitrogens with zero attached hydrogens (tertiary/aromatic N) is 4. The first-order valence-corrected chi connectivity index (χ1v) is 11.6. The summed E-state index contributed by atoms with van der Waals surface area (Å²) in [6.07, 6.45) is 0.949. The van der Waals surface area contributed by atoms with Gasteiger partial charge in [-0.1, -0.05) is 59.9 Å². The molecule has 0 N–H and O–H groups in total. The smallest absolute Gasteiger partial charge is 0.275 e. The highest BCUT2D eigenvalue weighted by Crippen LogP contribution is 2.27. The lowest BCUT2D eigenvalue weighted by Crippen LogP contribution is -2.21. The van der Waals surface area contributed by atoms with Crippen LogP contribution in [-0.2, 0) is 6.42 Å². The van der Waals surface area contributed by atoms with Crippen molar-refractivity contribution in [3.8, 4) is 17.4 Å². The molecule has 0 saturated carbocycles. The van der Waals surface area contributed by atoms with E-state index in [0.717, 1.165) is 23.4 Å². The molecule has 0 spiro atoms. The molecule has 150 valence electrons. The predicted octanol–water partition coefficient (Wildman–Crippen LogP) is 5.45. The molecular weight excluding hydrogens is 432 g/mol. The van der Waals surface area contributed by atoms with Gasteiger partial charge in [0.25, 0.3) is 5.56 Å². The maximum absolute atomic E-state index is 13.5. The first kappa shape index (κ1) is 20.5. The average molecular weight is 451 g/mol. The summed E-state index contributed by atoms with van der Waals surface area (Å²) in [4.78, 5) is 18.3. The van der Waals surface area contributed by atoms with Gasteiger partial charge < -0.3 is 0 Å². The molecule has 2 heterocycles. The van der Waals surface area contributed by atoms with Crippen LogP contribution in [-0.4, -0.2) is 19.9 Å². The van der Waals surface area contributed by atoms with Crippen LogP contribution >= 0.6 is 35.3 Å². The molecule has 5 nitrogen and oxygen atoms in total. The fourth-order valence-corrected chi connectivity index (χ4v) is 5.13.